The van der Waals surface area contributed by atoms with E-state index >= 15 is 0 Å². The van der Waals surface area contributed by atoms with E-state index in [1.807, 2.05) is 6.07 Å². The smallest absolute Gasteiger partial charge is 0.223 e. The number of amides is 1. The van der Waals surface area contributed by atoms with Crippen molar-refractivity contribution < 1.29 is 14.4 Å². The summed E-state index contributed by atoms with van der Waals surface area (Å²) in [5, 5.41) is 11.7. The maximum absolute atomic E-state index is 12.1. The zero-order valence-electron chi connectivity index (χ0n) is 10.1. The number of rotatable bonds is 4. The van der Waals surface area contributed by atoms with Crippen LogP contribution in [0.2, 0.25) is 0 Å². The van der Waals surface area contributed by atoms with Gasteiger partial charge in [0.2, 0.25) is 5.91 Å². The van der Waals surface area contributed by atoms with Gasteiger partial charge in [-0.1, -0.05) is 5.16 Å². The largest absolute Gasteiger partial charge is 0.469 e. The Morgan fingerprint density at radius 1 is 1.67 bits per heavy atom. The molecule has 2 heterocycles. The number of hydrogen-bond donors (Lipinski definition) is 2. The van der Waals surface area contributed by atoms with Crippen LogP contribution in [-0.2, 0) is 11.2 Å². The maximum atomic E-state index is 12.1. The summed E-state index contributed by atoms with van der Waals surface area (Å²) in [5.41, 5.74) is 5.58. The third-order valence-corrected chi connectivity index (χ3v) is 3.20. The first-order valence-electron chi connectivity index (χ1n) is 6.01. The van der Waals surface area contributed by atoms with Crippen molar-refractivity contribution in [1.29, 1.82) is 0 Å². The normalized spacial score (nSPS) is 20.3. The van der Waals surface area contributed by atoms with Gasteiger partial charge in [-0.05, 0) is 25.0 Å². The highest BCUT2D eigenvalue weighted by Gasteiger charge is 2.31. The van der Waals surface area contributed by atoms with Gasteiger partial charge in [-0.3, -0.25) is 4.79 Å². The molecule has 0 saturated carbocycles. The van der Waals surface area contributed by atoms with Crippen molar-refractivity contribution in [2.45, 2.75) is 31.7 Å². The Morgan fingerprint density at radius 2 is 2.50 bits per heavy atom. The number of furan rings is 1. The average Bonchev–Trinajstić information content (AvgIpc) is 3.05. The van der Waals surface area contributed by atoms with Crippen LogP contribution < -0.4 is 5.73 Å². The quantitative estimate of drug-likeness (QED) is 0.360. The second-order valence-corrected chi connectivity index (χ2v) is 4.35. The summed E-state index contributed by atoms with van der Waals surface area (Å²) < 4.78 is 5.18. The number of aryl methyl sites for hydroxylation is 1. The van der Waals surface area contributed by atoms with Gasteiger partial charge in [0.25, 0.3) is 0 Å². The molecule has 1 aromatic rings. The molecule has 6 nitrogen and oxygen atoms in total. The van der Waals surface area contributed by atoms with Crippen molar-refractivity contribution in [3.8, 4) is 0 Å². The van der Waals surface area contributed by atoms with Crippen LogP contribution in [-0.4, -0.2) is 34.4 Å². The van der Waals surface area contributed by atoms with Crippen molar-refractivity contribution in [2.24, 2.45) is 10.9 Å². The summed E-state index contributed by atoms with van der Waals surface area (Å²) in [6.07, 6.45) is 4.18. The zero-order chi connectivity index (χ0) is 13.0. The highest BCUT2D eigenvalue weighted by molar-refractivity contribution is 5.90. The molecule has 1 amide bonds. The monoisotopic (exact) mass is 251 g/mol. The van der Waals surface area contributed by atoms with Crippen molar-refractivity contribution in [2.75, 3.05) is 6.54 Å². The second kappa shape index (κ2) is 5.57. The lowest BCUT2D eigenvalue weighted by molar-refractivity contribution is -0.131. The summed E-state index contributed by atoms with van der Waals surface area (Å²) in [6, 6.07) is 3.38. The highest BCUT2D eigenvalue weighted by Crippen LogP contribution is 2.19. The number of oxime groups is 1. The minimum atomic E-state index is -0.265. The molecule has 18 heavy (non-hydrogen) atoms. The molecule has 2 rings (SSSR count). The van der Waals surface area contributed by atoms with Crippen LogP contribution in [0.5, 0.6) is 0 Å². The van der Waals surface area contributed by atoms with E-state index in [-0.39, 0.29) is 17.8 Å². The molecule has 1 unspecified atom stereocenters. The van der Waals surface area contributed by atoms with Gasteiger partial charge < -0.3 is 20.3 Å². The summed E-state index contributed by atoms with van der Waals surface area (Å²) >= 11 is 0. The molecule has 1 atom stereocenters. The zero-order valence-corrected chi connectivity index (χ0v) is 10.1. The minimum Gasteiger partial charge on any atom is -0.469 e. The van der Waals surface area contributed by atoms with Crippen LogP contribution in [0.25, 0.3) is 0 Å². The summed E-state index contributed by atoms with van der Waals surface area (Å²) in [6.45, 7) is 0.665. The Bertz CT molecular complexity index is 428. The summed E-state index contributed by atoms with van der Waals surface area (Å²) in [7, 11) is 0. The Morgan fingerprint density at radius 3 is 3.17 bits per heavy atom. The van der Waals surface area contributed by atoms with Gasteiger partial charge in [-0.25, -0.2) is 0 Å². The molecule has 0 radical (unpaired) electrons. The van der Waals surface area contributed by atoms with E-state index in [0.29, 0.717) is 19.4 Å². The molecule has 1 saturated heterocycles. The highest BCUT2D eigenvalue weighted by atomic mass is 16.4. The van der Waals surface area contributed by atoms with Crippen molar-refractivity contribution in [1.82, 2.24) is 4.90 Å². The first-order valence-corrected chi connectivity index (χ1v) is 6.01. The number of carbonyl (C=O) groups excluding carboxylic acids is 1. The van der Waals surface area contributed by atoms with Crippen LogP contribution in [0.4, 0.5) is 0 Å². The molecule has 1 fully saturated rings. The molecule has 1 aromatic heterocycles. The molecule has 0 bridgehead atoms. The minimum absolute atomic E-state index is 0.0144. The van der Waals surface area contributed by atoms with Gasteiger partial charge >= 0.3 is 0 Å². The van der Waals surface area contributed by atoms with E-state index < -0.39 is 0 Å². The molecule has 0 aliphatic carbocycles. The fraction of sp³-hybridized carbons (Fsp3) is 0.500. The number of amidine groups is 1. The standard InChI is InChI=1S/C12H17N3O3/c13-12(14-17)10-4-1-7-15(10)11(16)6-5-9-3-2-8-18-9/h2-3,8,10,17H,1,4-7H2,(H2,13,14). The van der Waals surface area contributed by atoms with Gasteiger partial charge in [0.15, 0.2) is 5.84 Å². The number of nitrogens with two attached hydrogens (primary N) is 1. The molecule has 1 aliphatic heterocycles. The number of nitrogens with zero attached hydrogens (tertiary/aromatic N) is 2. The average molecular weight is 251 g/mol. The molecule has 3 N–H and O–H groups in total. The Hall–Kier alpha value is -1.98. The van der Waals surface area contributed by atoms with Gasteiger partial charge in [-0.2, -0.15) is 0 Å². The van der Waals surface area contributed by atoms with Crippen molar-refractivity contribution >= 4 is 11.7 Å². The molecule has 0 aromatic carbocycles. The summed E-state index contributed by atoms with van der Waals surface area (Å²) in [4.78, 5) is 13.7. The Labute approximate surface area is 105 Å². The predicted octanol–water partition coefficient (Wildman–Crippen LogP) is 0.950. The van der Waals surface area contributed by atoms with E-state index in [1.54, 1.807) is 17.2 Å². The van der Waals surface area contributed by atoms with Crippen LogP contribution in [0.15, 0.2) is 28.0 Å². The van der Waals surface area contributed by atoms with Crippen LogP contribution >= 0.6 is 0 Å². The van der Waals surface area contributed by atoms with Crippen molar-refractivity contribution in [3.63, 3.8) is 0 Å². The molecular formula is C12H17N3O3. The van der Waals surface area contributed by atoms with E-state index in [9.17, 15) is 4.79 Å². The van der Waals surface area contributed by atoms with Gasteiger partial charge in [0.05, 0.1) is 12.3 Å². The number of hydrogen-bond acceptors (Lipinski definition) is 4. The third kappa shape index (κ3) is 2.64. The first kappa shape index (κ1) is 12.5. The first-order chi connectivity index (χ1) is 8.72. The lowest BCUT2D eigenvalue weighted by Crippen LogP contribution is -2.43. The van der Waals surface area contributed by atoms with Crippen molar-refractivity contribution in [3.05, 3.63) is 24.2 Å². The predicted molar refractivity (Wildman–Crippen MR) is 65.2 cm³/mol. The summed E-state index contributed by atoms with van der Waals surface area (Å²) in [5.74, 6) is 0.919. The molecule has 6 heteroatoms. The van der Waals surface area contributed by atoms with E-state index in [0.717, 1.165) is 18.6 Å². The van der Waals surface area contributed by atoms with Gasteiger partial charge in [0.1, 0.15) is 5.76 Å². The van der Waals surface area contributed by atoms with Gasteiger partial charge in [0, 0.05) is 19.4 Å². The Kier molecular flexibility index (Phi) is 3.86. The lowest BCUT2D eigenvalue weighted by atomic mass is 10.2. The topological polar surface area (TPSA) is 92.1 Å². The van der Waals surface area contributed by atoms with Gasteiger partial charge in [-0.15, -0.1) is 0 Å². The fourth-order valence-electron chi connectivity index (χ4n) is 2.27. The lowest BCUT2D eigenvalue weighted by Gasteiger charge is -2.23. The van der Waals surface area contributed by atoms with Crippen LogP contribution in [0.1, 0.15) is 25.0 Å². The molecule has 0 spiro atoms. The maximum Gasteiger partial charge on any atom is 0.223 e. The number of carbonyl (C=O) groups is 1. The second-order valence-electron chi connectivity index (χ2n) is 4.35. The molecule has 98 valence electrons. The molecular weight excluding hydrogens is 234 g/mol. The van der Waals surface area contributed by atoms with Crippen LogP contribution in [0, 0.1) is 0 Å². The fourth-order valence-corrected chi connectivity index (χ4v) is 2.27. The van der Waals surface area contributed by atoms with E-state index in [1.165, 1.54) is 0 Å². The van der Waals surface area contributed by atoms with E-state index in [4.69, 9.17) is 15.4 Å². The van der Waals surface area contributed by atoms with E-state index in [2.05, 4.69) is 5.16 Å². The molecule has 1 aliphatic rings. The number of likely N-dealkylation sites (tertiary alicyclic amines) is 1. The third-order valence-electron chi connectivity index (χ3n) is 3.20. The SMILES string of the molecule is NC(=NO)C1CCCN1C(=O)CCc1ccco1. The Balaban J connectivity index is 1.92. The van der Waals surface area contributed by atoms with Crippen LogP contribution in [0.3, 0.4) is 0 Å².